The lowest BCUT2D eigenvalue weighted by molar-refractivity contribution is -0.113. The van der Waals surface area contributed by atoms with E-state index in [1.807, 2.05) is 47.0 Å². The summed E-state index contributed by atoms with van der Waals surface area (Å²) in [7, 11) is 0. The second-order valence-electron chi connectivity index (χ2n) is 8.80. The maximum absolute atomic E-state index is 13.0. The molecule has 1 saturated heterocycles. The van der Waals surface area contributed by atoms with E-state index in [0.717, 1.165) is 91.3 Å². The van der Waals surface area contributed by atoms with Crippen LogP contribution in [0.5, 0.6) is 0 Å². The molecule has 1 aliphatic carbocycles. The quantitative estimate of drug-likeness (QED) is 0.415. The first kappa shape index (κ1) is 23.1. The first-order valence-electron chi connectivity index (χ1n) is 12.0. The minimum Gasteiger partial charge on any atom is -0.379 e. The molecule has 0 unspecified atom stereocenters. The Kier molecular flexibility index (Phi) is 7.27. The van der Waals surface area contributed by atoms with Gasteiger partial charge in [-0.1, -0.05) is 48.2 Å². The van der Waals surface area contributed by atoms with Gasteiger partial charge in [0, 0.05) is 48.5 Å². The minimum atomic E-state index is -0.203. The molecule has 8 heteroatoms. The van der Waals surface area contributed by atoms with E-state index in [1.54, 1.807) is 0 Å². The Hall–Kier alpha value is -2.68. The highest BCUT2D eigenvalue weighted by atomic mass is 32.2. The van der Waals surface area contributed by atoms with Crippen molar-refractivity contribution < 1.29 is 9.53 Å². The zero-order valence-corrected chi connectivity index (χ0v) is 20.1. The summed E-state index contributed by atoms with van der Waals surface area (Å²) in [6, 6.07) is 13.9. The molecule has 2 heterocycles. The monoisotopic (exact) mass is 478 g/mol. The molecular formula is C26H30N4O3S. The van der Waals surface area contributed by atoms with Gasteiger partial charge in [0.05, 0.1) is 19.0 Å². The number of amides is 1. The number of nitrogens with one attached hydrogen (secondary N) is 1. The Morgan fingerprint density at radius 1 is 1.03 bits per heavy atom. The normalized spacial score (nSPS) is 16.4. The highest BCUT2D eigenvalue weighted by Crippen LogP contribution is 2.29. The SMILES string of the molecule is O=C(CSc1nc(=O)n(CCN2CCOCC2)c2c1CCCC2)Nc1cccc2ccccc12. The van der Waals surface area contributed by atoms with Crippen molar-refractivity contribution in [3.05, 3.63) is 64.2 Å². The summed E-state index contributed by atoms with van der Waals surface area (Å²) in [4.78, 5) is 32.5. The van der Waals surface area contributed by atoms with Crippen LogP contribution in [0.15, 0.2) is 52.3 Å². The topological polar surface area (TPSA) is 76.5 Å². The number of carbonyl (C=O) groups excluding carboxylic acids is 1. The Bertz CT molecular complexity index is 1230. The maximum atomic E-state index is 13.0. The van der Waals surface area contributed by atoms with Crippen molar-refractivity contribution in [1.29, 1.82) is 0 Å². The molecule has 5 rings (SSSR count). The zero-order valence-electron chi connectivity index (χ0n) is 19.3. The molecule has 0 radical (unpaired) electrons. The van der Waals surface area contributed by atoms with Crippen LogP contribution in [0, 0.1) is 0 Å². The van der Waals surface area contributed by atoms with E-state index in [4.69, 9.17) is 4.74 Å². The van der Waals surface area contributed by atoms with E-state index < -0.39 is 0 Å². The van der Waals surface area contributed by atoms with Crippen LogP contribution in [0.1, 0.15) is 24.1 Å². The maximum Gasteiger partial charge on any atom is 0.348 e. The predicted molar refractivity (Wildman–Crippen MR) is 136 cm³/mol. The Balaban J connectivity index is 1.29. The number of aromatic nitrogens is 2. The van der Waals surface area contributed by atoms with Gasteiger partial charge >= 0.3 is 5.69 Å². The number of benzene rings is 2. The van der Waals surface area contributed by atoms with Gasteiger partial charge < -0.3 is 10.1 Å². The van der Waals surface area contributed by atoms with Crippen molar-refractivity contribution in [2.75, 3.05) is 43.9 Å². The second kappa shape index (κ2) is 10.7. The molecule has 0 atom stereocenters. The van der Waals surface area contributed by atoms with Crippen LogP contribution < -0.4 is 11.0 Å². The van der Waals surface area contributed by atoms with E-state index in [0.29, 0.717) is 6.54 Å². The third-order valence-electron chi connectivity index (χ3n) is 6.60. The summed E-state index contributed by atoms with van der Waals surface area (Å²) in [5.74, 6) is 0.129. The van der Waals surface area contributed by atoms with Crippen molar-refractivity contribution >= 4 is 34.1 Å². The molecule has 0 spiro atoms. The summed E-state index contributed by atoms with van der Waals surface area (Å²) in [6.07, 6.45) is 3.98. The minimum absolute atomic E-state index is 0.0933. The molecule has 0 bridgehead atoms. The number of thioether (sulfide) groups is 1. The van der Waals surface area contributed by atoms with Crippen LogP contribution in [0.3, 0.4) is 0 Å². The van der Waals surface area contributed by atoms with E-state index in [-0.39, 0.29) is 17.3 Å². The van der Waals surface area contributed by atoms with E-state index >= 15 is 0 Å². The van der Waals surface area contributed by atoms with Crippen LogP contribution in [-0.2, 0) is 28.9 Å². The molecule has 0 saturated carbocycles. The summed E-state index contributed by atoms with van der Waals surface area (Å²) in [5.41, 5.74) is 2.86. The van der Waals surface area contributed by atoms with E-state index in [1.165, 1.54) is 11.8 Å². The molecule has 1 aromatic heterocycles. The van der Waals surface area contributed by atoms with E-state index in [2.05, 4.69) is 15.2 Å². The lowest BCUT2D eigenvalue weighted by Crippen LogP contribution is -2.40. The Labute approximate surface area is 203 Å². The van der Waals surface area contributed by atoms with Gasteiger partial charge in [-0.05, 0) is 37.1 Å². The average molecular weight is 479 g/mol. The van der Waals surface area contributed by atoms with Crippen LogP contribution >= 0.6 is 11.8 Å². The first-order valence-corrected chi connectivity index (χ1v) is 13.0. The van der Waals surface area contributed by atoms with Crippen molar-refractivity contribution in [3.63, 3.8) is 0 Å². The van der Waals surface area contributed by atoms with Crippen LogP contribution in [0.25, 0.3) is 10.8 Å². The summed E-state index contributed by atoms with van der Waals surface area (Å²) >= 11 is 1.37. The van der Waals surface area contributed by atoms with Gasteiger partial charge in [0.15, 0.2) is 0 Å². The fourth-order valence-corrected chi connectivity index (χ4v) is 5.70. The highest BCUT2D eigenvalue weighted by Gasteiger charge is 2.22. The standard InChI is InChI=1S/C26H30N4O3S/c31-24(27-22-10-5-7-19-6-1-2-8-20(19)22)18-34-25-21-9-3-4-11-23(21)30(26(32)28-25)13-12-29-14-16-33-17-15-29/h1-2,5-8,10H,3-4,9,11-18H2,(H,27,31). The fraction of sp³-hybridized carbons (Fsp3) is 0.423. The lowest BCUT2D eigenvalue weighted by atomic mass is 9.97. The smallest absolute Gasteiger partial charge is 0.348 e. The largest absolute Gasteiger partial charge is 0.379 e. The summed E-state index contributed by atoms with van der Waals surface area (Å²) in [5, 5.41) is 5.85. The molecule has 1 fully saturated rings. The van der Waals surface area contributed by atoms with Gasteiger partial charge in [0.1, 0.15) is 5.03 Å². The second-order valence-corrected chi connectivity index (χ2v) is 9.77. The number of nitrogens with zero attached hydrogens (tertiary/aromatic N) is 3. The lowest BCUT2D eigenvalue weighted by Gasteiger charge is -2.28. The molecule has 3 aromatic rings. The number of ether oxygens (including phenoxy) is 1. The number of fused-ring (bicyclic) bond motifs is 2. The number of rotatable bonds is 7. The number of hydrogen-bond acceptors (Lipinski definition) is 6. The third-order valence-corrected chi connectivity index (χ3v) is 7.62. The van der Waals surface area contributed by atoms with E-state index in [9.17, 15) is 9.59 Å². The Morgan fingerprint density at radius 3 is 2.71 bits per heavy atom. The molecule has 2 aromatic carbocycles. The summed E-state index contributed by atoms with van der Waals surface area (Å²) in [6.45, 7) is 4.80. The number of hydrogen-bond donors (Lipinski definition) is 1. The number of morpholine rings is 1. The number of carbonyl (C=O) groups is 1. The predicted octanol–water partition coefficient (Wildman–Crippen LogP) is 3.34. The van der Waals surface area contributed by atoms with Crippen molar-refractivity contribution in [3.8, 4) is 0 Å². The van der Waals surface area contributed by atoms with Gasteiger partial charge in [0.2, 0.25) is 5.91 Å². The van der Waals surface area contributed by atoms with Crippen LogP contribution in [-0.4, -0.2) is 59.0 Å². The molecule has 1 amide bonds. The van der Waals surface area contributed by atoms with Crippen molar-refractivity contribution in [2.24, 2.45) is 0 Å². The van der Waals surface area contributed by atoms with Gasteiger partial charge in [-0.25, -0.2) is 4.79 Å². The molecule has 34 heavy (non-hydrogen) atoms. The molecule has 178 valence electrons. The van der Waals surface area contributed by atoms with Gasteiger partial charge in [-0.3, -0.25) is 14.3 Å². The van der Waals surface area contributed by atoms with Crippen LogP contribution in [0.2, 0.25) is 0 Å². The Morgan fingerprint density at radius 2 is 1.82 bits per heavy atom. The summed E-state index contributed by atoms with van der Waals surface area (Å²) < 4.78 is 7.29. The van der Waals surface area contributed by atoms with Crippen LogP contribution in [0.4, 0.5) is 5.69 Å². The molecule has 1 N–H and O–H groups in total. The molecule has 7 nitrogen and oxygen atoms in total. The zero-order chi connectivity index (χ0) is 23.3. The number of anilines is 1. The van der Waals surface area contributed by atoms with Gasteiger partial charge in [0.25, 0.3) is 0 Å². The highest BCUT2D eigenvalue weighted by molar-refractivity contribution is 8.00. The third kappa shape index (κ3) is 5.19. The average Bonchev–Trinajstić information content (AvgIpc) is 2.88. The molecule has 2 aliphatic rings. The fourth-order valence-electron chi connectivity index (χ4n) is 4.82. The molecule has 1 aliphatic heterocycles. The van der Waals surface area contributed by atoms with Crippen molar-refractivity contribution in [1.82, 2.24) is 14.5 Å². The van der Waals surface area contributed by atoms with Gasteiger partial charge in [-0.15, -0.1) is 0 Å². The van der Waals surface area contributed by atoms with Crippen molar-refractivity contribution in [2.45, 2.75) is 37.3 Å². The first-order chi connectivity index (χ1) is 16.7. The molecular weight excluding hydrogens is 448 g/mol. The van der Waals surface area contributed by atoms with Gasteiger partial charge in [-0.2, -0.15) is 4.98 Å².